The van der Waals surface area contributed by atoms with Crippen molar-refractivity contribution in [3.8, 4) is 0 Å². The van der Waals surface area contributed by atoms with E-state index in [2.05, 4.69) is 16.2 Å². The molecule has 2 aliphatic rings. The monoisotopic (exact) mass is 315 g/mol. The first kappa shape index (κ1) is 14.8. The van der Waals surface area contributed by atoms with Crippen LogP contribution < -0.4 is 0 Å². The van der Waals surface area contributed by atoms with E-state index in [-0.39, 0.29) is 11.4 Å². The largest absolute Gasteiger partial charge is 0.378 e. The molecule has 1 spiro atoms. The molecule has 1 saturated carbocycles. The van der Waals surface area contributed by atoms with E-state index < -0.39 is 0 Å². The lowest BCUT2D eigenvalue weighted by Crippen LogP contribution is -2.60. The van der Waals surface area contributed by atoms with E-state index in [0.29, 0.717) is 6.54 Å². The van der Waals surface area contributed by atoms with Crippen molar-refractivity contribution in [3.63, 3.8) is 0 Å². The molecule has 2 heterocycles. The van der Waals surface area contributed by atoms with Gasteiger partial charge in [-0.1, -0.05) is 12.1 Å². The molecule has 0 radical (unpaired) electrons. The van der Waals surface area contributed by atoms with Crippen molar-refractivity contribution < 1.29 is 9.13 Å². The predicted molar refractivity (Wildman–Crippen MR) is 85.5 cm³/mol. The Morgan fingerprint density at radius 2 is 1.96 bits per heavy atom. The fourth-order valence-corrected chi connectivity index (χ4v) is 3.63. The topological polar surface area (TPSA) is 30.3 Å². The molecule has 1 saturated heterocycles. The van der Waals surface area contributed by atoms with E-state index >= 15 is 0 Å². The SMILES string of the molecule is Fc1ccc(Cn2cc(CN3CCOCC34CCC4)cn2)cc1. The van der Waals surface area contributed by atoms with Gasteiger partial charge in [-0.3, -0.25) is 9.58 Å². The summed E-state index contributed by atoms with van der Waals surface area (Å²) >= 11 is 0. The standard InChI is InChI=1S/C18H22FN3O/c19-17-4-2-15(3-5-17)12-22-13-16(10-20-22)11-21-8-9-23-14-18(21)6-1-7-18/h2-5,10,13H,1,6-9,11-12,14H2. The van der Waals surface area contributed by atoms with Crippen LogP contribution in [-0.4, -0.2) is 40.0 Å². The number of rotatable bonds is 4. The van der Waals surface area contributed by atoms with Crippen LogP contribution in [0.5, 0.6) is 0 Å². The van der Waals surface area contributed by atoms with Crippen molar-refractivity contribution in [3.05, 3.63) is 53.6 Å². The molecule has 1 aliphatic carbocycles. The van der Waals surface area contributed by atoms with Gasteiger partial charge in [-0.15, -0.1) is 0 Å². The van der Waals surface area contributed by atoms with Gasteiger partial charge in [0.15, 0.2) is 0 Å². The van der Waals surface area contributed by atoms with Crippen molar-refractivity contribution >= 4 is 0 Å². The molecule has 0 amide bonds. The molecule has 1 aliphatic heterocycles. The zero-order valence-corrected chi connectivity index (χ0v) is 13.2. The summed E-state index contributed by atoms with van der Waals surface area (Å²) in [6.45, 7) is 4.31. The fraction of sp³-hybridized carbons (Fsp3) is 0.500. The summed E-state index contributed by atoms with van der Waals surface area (Å²) in [5.41, 5.74) is 2.57. The van der Waals surface area contributed by atoms with Gasteiger partial charge in [0.1, 0.15) is 5.82 Å². The third-order valence-electron chi connectivity index (χ3n) is 5.15. The Labute approximate surface area is 135 Å². The molecular weight excluding hydrogens is 293 g/mol. The van der Waals surface area contributed by atoms with Gasteiger partial charge < -0.3 is 4.74 Å². The maximum Gasteiger partial charge on any atom is 0.123 e. The van der Waals surface area contributed by atoms with Gasteiger partial charge in [0, 0.05) is 30.4 Å². The molecule has 4 nitrogen and oxygen atoms in total. The minimum atomic E-state index is -0.201. The second-order valence-electron chi connectivity index (χ2n) is 6.72. The number of morpholine rings is 1. The smallest absolute Gasteiger partial charge is 0.123 e. The number of nitrogens with zero attached hydrogens (tertiary/aromatic N) is 3. The lowest BCUT2D eigenvalue weighted by Gasteiger charge is -2.52. The first-order chi connectivity index (χ1) is 11.2. The highest BCUT2D eigenvalue weighted by molar-refractivity contribution is 5.17. The third kappa shape index (κ3) is 3.03. The first-order valence-electron chi connectivity index (χ1n) is 8.32. The zero-order chi connectivity index (χ0) is 15.7. The number of aromatic nitrogens is 2. The normalized spacial score (nSPS) is 20.6. The average molecular weight is 315 g/mol. The Morgan fingerprint density at radius 3 is 2.70 bits per heavy atom. The molecule has 4 rings (SSSR count). The second-order valence-corrected chi connectivity index (χ2v) is 6.72. The van der Waals surface area contributed by atoms with Crippen molar-refractivity contribution in [1.82, 2.24) is 14.7 Å². The summed E-state index contributed by atoms with van der Waals surface area (Å²) in [6.07, 6.45) is 7.85. The van der Waals surface area contributed by atoms with Crippen molar-refractivity contribution in [2.75, 3.05) is 19.8 Å². The predicted octanol–water partition coefficient (Wildman–Crippen LogP) is 2.83. The number of benzene rings is 1. The fourth-order valence-electron chi connectivity index (χ4n) is 3.63. The number of halogens is 1. The molecule has 0 N–H and O–H groups in total. The molecule has 2 aromatic rings. The van der Waals surface area contributed by atoms with Gasteiger partial charge in [-0.25, -0.2) is 4.39 Å². The van der Waals surface area contributed by atoms with E-state index in [0.717, 1.165) is 31.9 Å². The highest BCUT2D eigenvalue weighted by Gasteiger charge is 2.44. The Balaban J connectivity index is 1.42. The quantitative estimate of drug-likeness (QED) is 0.869. The number of hydrogen-bond donors (Lipinski definition) is 0. The van der Waals surface area contributed by atoms with E-state index in [4.69, 9.17) is 4.74 Å². The third-order valence-corrected chi connectivity index (χ3v) is 5.15. The van der Waals surface area contributed by atoms with E-state index in [1.807, 2.05) is 23.0 Å². The molecule has 23 heavy (non-hydrogen) atoms. The summed E-state index contributed by atoms with van der Waals surface area (Å²) in [6, 6.07) is 6.60. The van der Waals surface area contributed by atoms with E-state index in [1.165, 1.54) is 37.0 Å². The molecule has 122 valence electrons. The highest BCUT2D eigenvalue weighted by atomic mass is 19.1. The van der Waals surface area contributed by atoms with Gasteiger partial charge >= 0.3 is 0 Å². The molecule has 5 heteroatoms. The molecule has 1 aromatic carbocycles. The summed E-state index contributed by atoms with van der Waals surface area (Å²) in [5.74, 6) is -0.201. The van der Waals surface area contributed by atoms with Crippen LogP contribution in [0.1, 0.15) is 30.4 Å². The Bertz CT molecular complexity index is 663. The molecule has 0 unspecified atom stereocenters. The minimum Gasteiger partial charge on any atom is -0.378 e. The van der Waals surface area contributed by atoms with Gasteiger partial charge in [-0.05, 0) is 37.0 Å². The summed E-state index contributed by atoms with van der Waals surface area (Å²) in [5, 5.41) is 4.46. The number of hydrogen-bond acceptors (Lipinski definition) is 3. The lowest BCUT2D eigenvalue weighted by atomic mass is 9.75. The lowest BCUT2D eigenvalue weighted by molar-refractivity contribution is -0.111. The Morgan fingerprint density at radius 1 is 1.13 bits per heavy atom. The highest BCUT2D eigenvalue weighted by Crippen LogP contribution is 2.40. The molecule has 0 atom stereocenters. The van der Waals surface area contributed by atoms with Gasteiger partial charge in [0.2, 0.25) is 0 Å². The van der Waals surface area contributed by atoms with Crippen LogP contribution >= 0.6 is 0 Å². The van der Waals surface area contributed by atoms with E-state index in [1.54, 1.807) is 0 Å². The Kier molecular flexibility index (Phi) is 3.91. The average Bonchev–Trinajstić information content (AvgIpc) is 2.96. The van der Waals surface area contributed by atoms with Crippen LogP contribution in [0.2, 0.25) is 0 Å². The second kappa shape index (κ2) is 6.06. The summed E-state index contributed by atoms with van der Waals surface area (Å²) < 4.78 is 20.6. The van der Waals surface area contributed by atoms with Gasteiger partial charge in [0.05, 0.1) is 26.0 Å². The van der Waals surface area contributed by atoms with Crippen LogP contribution in [0.3, 0.4) is 0 Å². The zero-order valence-electron chi connectivity index (χ0n) is 13.2. The van der Waals surface area contributed by atoms with Gasteiger partial charge in [-0.2, -0.15) is 5.10 Å². The van der Waals surface area contributed by atoms with Gasteiger partial charge in [0.25, 0.3) is 0 Å². The molecule has 1 aromatic heterocycles. The summed E-state index contributed by atoms with van der Waals surface area (Å²) in [4.78, 5) is 2.57. The van der Waals surface area contributed by atoms with Crippen molar-refractivity contribution in [1.29, 1.82) is 0 Å². The minimum absolute atomic E-state index is 0.201. The van der Waals surface area contributed by atoms with Crippen LogP contribution in [0, 0.1) is 5.82 Å². The molecule has 0 bridgehead atoms. The molecule has 2 fully saturated rings. The molecular formula is C18H22FN3O. The maximum absolute atomic E-state index is 13.0. The first-order valence-corrected chi connectivity index (χ1v) is 8.32. The Hall–Kier alpha value is -1.72. The number of ether oxygens (including phenoxy) is 1. The van der Waals surface area contributed by atoms with Crippen molar-refractivity contribution in [2.24, 2.45) is 0 Å². The van der Waals surface area contributed by atoms with Crippen molar-refractivity contribution in [2.45, 2.75) is 37.9 Å². The van der Waals surface area contributed by atoms with Crippen LogP contribution in [-0.2, 0) is 17.8 Å². The van der Waals surface area contributed by atoms with Crippen LogP contribution in [0.4, 0.5) is 4.39 Å². The van der Waals surface area contributed by atoms with Crippen LogP contribution in [0.15, 0.2) is 36.7 Å². The maximum atomic E-state index is 13.0. The van der Waals surface area contributed by atoms with E-state index in [9.17, 15) is 4.39 Å². The van der Waals surface area contributed by atoms with Crippen LogP contribution in [0.25, 0.3) is 0 Å². The summed E-state index contributed by atoms with van der Waals surface area (Å²) in [7, 11) is 0.